The predicted octanol–water partition coefficient (Wildman–Crippen LogP) is 3.08. The molecule has 1 amide bonds. The van der Waals surface area contributed by atoms with Crippen LogP contribution in [0.15, 0.2) is 24.3 Å². The van der Waals surface area contributed by atoms with Crippen LogP contribution in [-0.4, -0.2) is 29.0 Å². The normalized spacial score (nSPS) is 13.5. The summed E-state index contributed by atoms with van der Waals surface area (Å²) in [4.78, 5) is 20.6. The number of hydrogen-bond donors (Lipinski definition) is 2. The lowest BCUT2D eigenvalue weighted by Crippen LogP contribution is -2.26. The van der Waals surface area contributed by atoms with Crippen LogP contribution in [0.3, 0.4) is 0 Å². The fourth-order valence-electron chi connectivity index (χ4n) is 2.13. The number of benzene rings is 1. The van der Waals surface area contributed by atoms with E-state index in [1.165, 1.54) is 0 Å². The van der Waals surface area contributed by atoms with Gasteiger partial charge in [0, 0.05) is 17.8 Å². The Bertz CT molecular complexity index is 747. The minimum atomic E-state index is -0.172. The van der Waals surface area contributed by atoms with E-state index < -0.39 is 0 Å². The summed E-state index contributed by atoms with van der Waals surface area (Å²) in [5.74, 6) is 1.49. The number of anilines is 2. The van der Waals surface area contributed by atoms with Gasteiger partial charge in [-0.3, -0.25) is 4.79 Å². The summed E-state index contributed by atoms with van der Waals surface area (Å²) in [7, 11) is 1.56. The summed E-state index contributed by atoms with van der Waals surface area (Å²) in [5.41, 5.74) is 1.11. The number of amides is 1. The second-order valence-electron chi connectivity index (χ2n) is 5.41. The van der Waals surface area contributed by atoms with Crippen molar-refractivity contribution in [1.82, 2.24) is 15.3 Å². The number of aromatic nitrogens is 2. The minimum absolute atomic E-state index is 0.172. The molecule has 1 aromatic carbocycles. The molecule has 1 aliphatic carbocycles. The number of hydrogen-bond acceptors (Lipinski definition) is 5. The second kappa shape index (κ2) is 6.42. The van der Waals surface area contributed by atoms with Crippen LogP contribution in [0.1, 0.15) is 29.2 Å². The standard InChI is InChI=1S/C16H17ClN4O2/c1-9-18-13(16(22)21-10-3-4-10)8-15(19-9)20-11-5-6-14(23-2)12(17)7-11/h5-8,10H,3-4H2,1-2H3,(H,21,22)(H,18,19,20). The van der Waals surface area contributed by atoms with Crippen LogP contribution < -0.4 is 15.4 Å². The fraction of sp³-hybridized carbons (Fsp3) is 0.312. The number of carbonyl (C=O) groups is 1. The van der Waals surface area contributed by atoms with Gasteiger partial charge in [-0.05, 0) is 38.0 Å². The van der Waals surface area contributed by atoms with Gasteiger partial charge in [-0.2, -0.15) is 0 Å². The van der Waals surface area contributed by atoms with Crippen molar-refractivity contribution < 1.29 is 9.53 Å². The highest BCUT2D eigenvalue weighted by Gasteiger charge is 2.24. The van der Waals surface area contributed by atoms with Crippen molar-refractivity contribution in [2.24, 2.45) is 0 Å². The number of ether oxygens (including phenoxy) is 1. The first-order valence-electron chi connectivity index (χ1n) is 7.32. The number of methoxy groups -OCH3 is 1. The average molecular weight is 333 g/mol. The number of aryl methyl sites for hydroxylation is 1. The van der Waals surface area contributed by atoms with Gasteiger partial charge in [-0.15, -0.1) is 0 Å². The highest BCUT2D eigenvalue weighted by atomic mass is 35.5. The van der Waals surface area contributed by atoms with Crippen LogP contribution in [0.2, 0.25) is 5.02 Å². The van der Waals surface area contributed by atoms with E-state index in [4.69, 9.17) is 16.3 Å². The molecule has 1 saturated carbocycles. The lowest BCUT2D eigenvalue weighted by molar-refractivity contribution is 0.0945. The molecule has 120 valence electrons. The van der Waals surface area contributed by atoms with Gasteiger partial charge < -0.3 is 15.4 Å². The van der Waals surface area contributed by atoms with Crippen LogP contribution >= 0.6 is 11.6 Å². The van der Waals surface area contributed by atoms with E-state index in [1.807, 2.05) is 6.07 Å². The molecule has 2 aromatic rings. The third-order valence-corrected chi connectivity index (χ3v) is 3.70. The van der Waals surface area contributed by atoms with E-state index in [-0.39, 0.29) is 11.9 Å². The van der Waals surface area contributed by atoms with Gasteiger partial charge in [0.2, 0.25) is 0 Å². The van der Waals surface area contributed by atoms with Crippen molar-refractivity contribution in [1.29, 1.82) is 0 Å². The number of nitrogens with zero attached hydrogens (tertiary/aromatic N) is 2. The molecule has 1 aliphatic rings. The maximum atomic E-state index is 12.1. The smallest absolute Gasteiger partial charge is 0.270 e. The quantitative estimate of drug-likeness (QED) is 0.880. The summed E-state index contributed by atoms with van der Waals surface area (Å²) < 4.78 is 5.12. The van der Waals surface area contributed by atoms with Crippen LogP contribution in [0.25, 0.3) is 0 Å². The molecule has 0 spiro atoms. The Morgan fingerprint density at radius 3 is 2.74 bits per heavy atom. The van der Waals surface area contributed by atoms with Crippen molar-refractivity contribution in [2.75, 3.05) is 12.4 Å². The highest BCUT2D eigenvalue weighted by Crippen LogP contribution is 2.28. The topological polar surface area (TPSA) is 76.1 Å². The van der Waals surface area contributed by atoms with Gasteiger partial charge in [-0.1, -0.05) is 11.6 Å². The second-order valence-corrected chi connectivity index (χ2v) is 5.81. The van der Waals surface area contributed by atoms with Gasteiger partial charge in [0.05, 0.1) is 12.1 Å². The van der Waals surface area contributed by atoms with E-state index in [2.05, 4.69) is 20.6 Å². The zero-order valence-electron chi connectivity index (χ0n) is 12.9. The predicted molar refractivity (Wildman–Crippen MR) is 88.5 cm³/mol. The maximum Gasteiger partial charge on any atom is 0.270 e. The van der Waals surface area contributed by atoms with E-state index >= 15 is 0 Å². The van der Waals surface area contributed by atoms with Gasteiger partial charge in [0.1, 0.15) is 23.1 Å². The molecular formula is C16H17ClN4O2. The zero-order valence-corrected chi connectivity index (χ0v) is 13.6. The molecule has 0 radical (unpaired) electrons. The van der Waals surface area contributed by atoms with Crippen molar-refractivity contribution in [3.63, 3.8) is 0 Å². The van der Waals surface area contributed by atoms with Crippen molar-refractivity contribution in [2.45, 2.75) is 25.8 Å². The van der Waals surface area contributed by atoms with E-state index in [9.17, 15) is 4.79 Å². The highest BCUT2D eigenvalue weighted by molar-refractivity contribution is 6.32. The summed E-state index contributed by atoms with van der Waals surface area (Å²) in [5, 5.41) is 6.54. The van der Waals surface area contributed by atoms with Crippen molar-refractivity contribution in [3.05, 3.63) is 40.8 Å². The van der Waals surface area contributed by atoms with Gasteiger partial charge in [0.15, 0.2) is 0 Å². The van der Waals surface area contributed by atoms with E-state index in [1.54, 1.807) is 32.2 Å². The monoisotopic (exact) mass is 332 g/mol. The van der Waals surface area contributed by atoms with Crippen LogP contribution in [-0.2, 0) is 0 Å². The lowest BCUT2D eigenvalue weighted by Gasteiger charge is -2.10. The molecule has 0 bridgehead atoms. The molecule has 6 nitrogen and oxygen atoms in total. The number of rotatable bonds is 5. The Kier molecular flexibility index (Phi) is 4.34. The number of halogens is 1. The zero-order chi connectivity index (χ0) is 16.4. The number of nitrogens with one attached hydrogen (secondary N) is 2. The lowest BCUT2D eigenvalue weighted by atomic mass is 10.3. The first kappa shape index (κ1) is 15.6. The van der Waals surface area contributed by atoms with Crippen LogP contribution in [0.5, 0.6) is 5.75 Å². The van der Waals surface area contributed by atoms with E-state index in [0.29, 0.717) is 28.1 Å². The third kappa shape index (κ3) is 3.90. The third-order valence-electron chi connectivity index (χ3n) is 3.41. The molecule has 1 fully saturated rings. The first-order chi connectivity index (χ1) is 11.0. The summed E-state index contributed by atoms with van der Waals surface area (Å²) in [6, 6.07) is 7.24. The van der Waals surface area contributed by atoms with Crippen molar-refractivity contribution >= 4 is 29.0 Å². The van der Waals surface area contributed by atoms with Gasteiger partial charge >= 0.3 is 0 Å². The Hall–Kier alpha value is -2.34. The van der Waals surface area contributed by atoms with E-state index in [0.717, 1.165) is 18.5 Å². The van der Waals surface area contributed by atoms with Crippen LogP contribution in [0.4, 0.5) is 11.5 Å². The van der Waals surface area contributed by atoms with Gasteiger partial charge in [0.25, 0.3) is 5.91 Å². The molecule has 7 heteroatoms. The molecule has 1 aromatic heterocycles. The minimum Gasteiger partial charge on any atom is -0.495 e. The fourth-order valence-corrected chi connectivity index (χ4v) is 2.38. The average Bonchev–Trinajstić information content (AvgIpc) is 3.31. The Morgan fingerprint density at radius 2 is 2.09 bits per heavy atom. The molecule has 0 atom stereocenters. The Labute approximate surface area is 139 Å². The molecule has 0 unspecified atom stereocenters. The SMILES string of the molecule is COc1ccc(Nc2cc(C(=O)NC3CC3)nc(C)n2)cc1Cl. The summed E-state index contributed by atoms with van der Waals surface area (Å²) in [6.45, 7) is 1.75. The molecule has 2 N–H and O–H groups in total. The summed E-state index contributed by atoms with van der Waals surface area (Å²) in [6.07, 6.45) is 2.07. The Morgan fingerprint density at radius 1 is 1.30 bits per heavy atom. The first-order valence-corrected chi connectivity index (χ1v) is 7.70. The largest absolute Gasteiger partial charge is 0.495 e. The summed E-state index contributed by atoms with van der Waals surface area (Å²) >= 11 is 6.11. The van der Waals surface area contributed by atoms with Crippen molar-refractivity contribution in [3.8, 4) is 5.75 Å². The Balaban J connectivity index is 1.80. The maximum absolute atomic E-state index is 12.1. The molecular weight excluding hydrogens is 316 g/mol. The molecule has 0 saturated heterocycles. The molecule has 1 heterocycles. The van der Waals surface area contributed by atoms with Crippen LogP contribution in [0, 0.1) is 6.92 Å². The molecule has 23 heavy (non-hydrogen) atoms. The molecule has 3 rings (SSSR count). The van der Waals surface area contributed by atoms with Gasteiger partial charge in [-0.25, -0.2) is 9.97 Å². The molecule has 0 aliphatic heterocycles. The number of carbonyl (C=O) groups excluding carboxylic acids is 1.